The van der Waals surface area contributed by atoms with Gasteiger partial charge in [-0.3, -0.25) is 4.79 Å². The van der Waals surface area contributed by atoms with Crippen molar-refractivity contribution in [2.75, 3.05) is 7.05 Å². The summed E-state index contributed by atoms with van der Waals surface area (Å²) >= 11 is 1.72. The van der Waals surface area contributed by atoms with E-state index in [0.29, 0.717) is 13.0 Å². The zero-order valence-corrected chi connectivity index (χ0v) is 12.8. The van der Waals surface area contributed by atoms with Crippen LogP contribution in [0.3, 0.4) is 0 Å². The Bertz CT molecular complexity index is 435. The number of aryl methyl sites for hydroxylation is 1. The lowest BCUT2D eigenvalue weighted by Crippen LogP contribution is -2.46. The third kappa shape index (κ3) is 3.80. The molecule has 19 heavy (non-hydrogen) atoms. The van der Waals surface area contributed by atoms with Gasteiger partial charge in [-0.05, 0) is 36.8 Å². The lowest BCUT2D eigenvalue weighted by Gasteiger charge is -2.34. The topological polar surface area (TPSA) is 46.3 Å². The third-order valence-corrected chi connectivity index (χ3v) is 5.14. The molecule has 2 N–H and O–H groups in total. The molecule has 1 aromatic rings. The molecule has 4 heteroatoms. The van der Waals surface area contributed by atoms with Crippen LogP contribution in [0.15, 0.2) is 11.4 Å². The van der Waals surface area contributed by atoms with Crippen molar-refractivity contribution in [3.63, 3.8) is 0 Å². The monoisotopic (exact) mass is 280 g/mol. The number of nitrogens with two attached hydrogens (primary N) is 1. The number of thiophene rings is 1. The van der Waals surface area contributed by atoms with Crippen molar-refractivity contribution in [3.8, 4) is 0 Å². The number of nitrogens with zero attached hydrogens (tertiary/aromatic N) is 1. The summed E-state index contributed by atoms with van der Waals surface area (Å²) in [6, 6.07) is 2.10. The lowest BCUT2D eigenvalue weighted by molar-refractivity contribution is -0.132. The Balaban J connectivity index is 1.90. The molecule has 1 aliphatic carbocycles. The Labute approximate surface area is 119 Å². The maximum Gasteiger partial charge on any atom is 0.224 e. The quantitative estimate of drug-likeness (QED) is 0.921. The highest BCUT2D eigenvalue weighted by Crippen LogP contribution is 2.29. The van der Waals surface area contributed by atoms with Gasteiger partial charge in [0.1, 0.15) is 0 Å². The fourth-order valence-electron chi connectivity index (χ4n) is 2.74. The van der Waals surface area contributed by atoms with Crippen LogP contribution in [-0.4, -0.2) is 23.4 Å². The minimum atomic E-state index is -0.256. The first-order valence-electron chi connectivity index (χ1n) is 7.06. The first-order chi connectivity index (χ1) is 9.00. The van der Waals surface area contributed by atoms with Crippen molar-refractivity contribution < 1.29 is 4.79 Å². The first-order valence-corrected chi connectivity index (χ1v) is 7.94. The molecule has 1 saturated carbocycles. The van der Waals surface area contributed by atoms with Gasteiger partial charge in [0.2, 0.25) is 5.91 Å². The van der Waals surface area contributed by atoms with E-state index in [9.17, 15) is 4.79 Å². The largest absolute Gasteiger partial charge is 0.341 e. The molecule has 1 heterocycles. The fourth-order valence-corrected chi connectivity index (χ4v) is 3.70. The van der Waals surface area contributed by atoms with E-state index < -0.39 is 0 Å². The van der Waals surface area contributed by atoms with Gasteiger partial charge in [-0.2, -0.15) is 0 Å². The SMILES string of the molecule is Cc1ccsc1CN(C)C(=O)CC1(N)CCCCC1. The number of amides is 1. The van der Waals surface area contributed by atoms with Crippen molar-refractivity contribution >= 4 is 17.2 Å². The summed E-state index contributed by atoms with van der Waals surface area (Å²) in [7, 11) is 1.88. The highest BCUT2D eigenvalue weighted by Gasteiger charge is 2.31. The summed E-state index contributed by atoms with van der Waals surface area (Å²) < 4.78 is 0. The number of carbonyl (C=O) groups excluding carboxylic acids is 1. The summed E-state index contributed by atoms with van der Waals surface area (Å²) in [6.07, 6.45) is 6.07. The molecule has 1 aromatic heterocycles. The van der Waals surface area contributed by atoms with Crippen LogP contribution < -0.4 is 5.73 Å². The average molecular weight is 280 g/mol. The summed E-state index contributed by atoms with van der Waals surface area (Å²) in [5.74, 6) is 0.178. The van der Waals surface area contributed by atoms with Crippen LogP contribution in [0.25, 0.3) is 0 Å². The van der Waals surface area contributed by atoms with Crippen molar-refractivity contribution in [2.24, 2.45) is 5.73 Å². The minimum Gasteiger partial charge on any atom is -0.341 e. The summed E-state index contributed by atoms with van der Waals surface area (Å²) in [6.45, 7) is 2.80. The standard InChI is InChI=1S/C15H24N2OS/c1-12-6-9-19-13(12)11-17(2)14(18)10-15(16)7-4-3-5-8-15/h6,9H,3-5,7-8,10-11,16H2,1-2H3. The van der Waals surface area contributed by atoms with Crippen LogP contribution in [0.1, 0.15) is 49.0 Å². The molecule has 0 atom stereocenters. The number of hydrogen-bond acceptors (Lipinski definition) is 3. The molecule has 1 amide bonds. The van der Waals surface area contributed by atoms with Gasteiger partial charge in [-0.15, -0.1) is 11.3 Å². The van der Waals surface area contributed by atoms with E-state index in [0.717, 1.165) is 25.7 Å². The Morgan fingerprint density at radius 3 is 2.68 bits per heavy atom. The van der Waals surface area contributed by atoms with Gasteiger partial charge in [0.25, 0.3) is 0 Å². The minimum absolute atomic E-state index is 0.178. The highest BCUT2D eigenvalue weighted by molar-refractivity contribution is 7.10. The van der Waals surface area contributed by atoms with E-state index in [2.05, 4.69) is 18.4 Å². The molecule has 0 spiro atoms. The molecule has 1 fully saturated rings. The molecule has 0 aliphatic heterocycles. The summed E-state index contributed by atoms with van der Waals surface area (Å²) in [5.41, 5.74) is 7.37. The predicted octanol–water partition coefficient (Wildman–Crippen LogP) is 3.07. The molecule has 0 unspecified atom stereocenters. The second kappa shape index (κ2) is 6.06. The molecule has 1 aliphatic rings. The van der Waals surface area contributed by atoms with Crippen molar-refractivity contribution in [2.45, 2.75) is 57.5 Å². The Hall–Kier alpha value is -0.870. The van der Waals surface area contributed by atoms with Crippen LogP contribution in [0.4, 0.5) is 0 Å². The van der Waals surface area contributed by atoms with Gasteiger partial charge in [0, 0.05) is 23.9 Å². The Kier molecular flexibility index (Phi) is 4.63. The van der Waals surface area contributed by atoms with Crippen molar-refractivity contribution in [3.05, 3.63) is 21.9 Å². The van der Waals surface area contributed by atoms with E-state index in [1.807, 2.05) is 11.9 Å². The van der Waals surface area contributed by atoms with Gasteiger partial charge in [0.15, 0.2) is 0 Å². The second-order valence-corrected chi connectivity index (χ2v) is 6.88. The van der Waals surface area contributed by atoms with Crippen LogP contribution in [0.2, 0.25) is 0 Å². The van der Waals surface area contributed by atoms with E-state index in [4.69, 9.17) is 5.73 Å². The fraction of sp³-hybridized carbons (Fsp3) is 0.667. The molecule has 2 rings (SSSR count). The Morgan fingerprint density at radius 2 is 2.11 bits per heavy atom. The van der Waals surface area contributed by atoms with Gasteiger partial charge in [-0.1, -0.05) is 19.3 Å². The van der Waals surface area contributed by atoms with Gasteiger partial charge >= 0.3 is 0 Å². The maximum atomic E-state index is 12.3. The number of rotatable bonds is 4. The number of hydrogen-bond donors (Lipinski definition) is 1. The highest BCUT2D eigenvalue weighted by atomic mass is 32.1. The maximum absolute atomic E-state index is 12.3. The molecule has 0 saturated heterocycles. The van der Waals surface area contributed by atoms with Gasteiger partial charge < -0.3 is 10.6 Å². The van der Waals surface area contributed by atoms with Crippen LogP contribution >= 0.6 is 11.3 Å². The zero-order valence-electron chi connectivity index (χ0n) is 11.9. The molecular formula is C15H24N2OS. The molecule has 3 nitrogen and oxygen atoms in total. The second-order valence-electron chi connectivity index (χ2n) is 5.88. The van der Waals surface area contributed by atoms with Gasteiger partial charge in [0.05, 0.1) is 6.54 Å². The van der Waals surface area contributed by atoms with E-state index in [1.165, 1.54) is 16.9 Å². The average Bonchev–Trinajstić information content (AvgIpc) is 2.75. The van der Waals surface area contributed by atoms with Crippen LogP contribution in [0, 0.1) is 6.92 Å². The van der Waals surface area contributed by atoms with E-state index in [1.54, 1.807) is 11.3 Å². The zero-order chi connectivity index (χ0) is 13.9. The lowest BCUT2D eigenvalue weighted by atomic mass is 9.80. The van der Waals surface area contributed by atoms with Crippen molar-refractivity contribution in [1.29, 1.82) is 0 Å². The van der Waals surface area contributed by atoms with Crippen molar-refractivity contribution in [1.82, 2.24) is 4.90 Å². The molecule has 106 valence electrons. The third-order valence-electron chi connectivity index (χ3n) is 4.13. The van der Waals surface area contributed by atoms with Gasteiger partial charge in [-0.25, -0.2) is 0 Å². The van der Waals surface area contributed by atoms with Crippen LogP contribution in [0.5, 0.6) is 0 Å². The molecule has 0 aromatic carbocycles. The van der Waals surface area contributed by atoms with Crippen LogP contribution in [-0.2, 0) is 11.3 Å². The molecule has 0 radical (unpaired) electrons. The normalized spacial score (nSPS) is 18.3. The molecule has 0 bridgehead atoms. The summed E-state index contributed by atoms with van der Waals surface area (Å²) in [4.78, 5) is 15.4. The predicted molar refractivity (Wildman–Crippen MR) is 80.2 cm³/mol. The first kappa shape index (κ1) is 14.5. The smallest absolute Gasteiger partial charge is 0.224 e. The Morgan fingerprint density at radius 1 is 1.42 bits per heavy atom. The summed E-state index contributed by atoms with van der Waals surface area (Å²) in [5, 5.41) is 2.08. The van der Waals surface area contributed by atoms with E-state index >= 15 is 0 Å². The molecular weight excluding hydrogens is 256 g/mol. The number of carbonyl (C=O) groups is 1. The van der Waals surface area contributed by atoms with E-state index in [-0.39, 0.29) is 11.4 Å².